The molecule has 1 N–H and O–H groups in total. The Morgan fingerprint density at radius 2 is 2.07 bits per heavy atom. The number of methoxy groups -OCH3 is 1. The molecule has 0 saturated carbocycles. The third-order valence-electron chi connectivity index (χ3n) is 4.74. The van der Waals surface area contributed by atoms with E-state index in [9.17, 15) is 9.18 Å². The molecule has 0 radical (unpaired) electrons. The second-order valence-electron chi connectivity index (χ2n) is 6.55. The zero-order valence-electron chi connectivity index (χ0n) is 15.5. The lowest BCUT2D eigenvalue weighted by molar-refractivity contribution is -0.00173. The Hall–Kier alpha value is -3.26. The first kappa shape index (κ1) is 18.1. The highest BCUT2D eigenvalue weighted by Gasteiger charge is 2.28. The van der Waals surface area contributed by atoms with Crippen LogP contribution in [-0.2, 0) is 17.9 Å². The lowest BCUT2D eigenvalue weighted by Gasteiger charge is -2.24. The van der Waals surface area contributed by atoms with Crippen LogP contribution in [0.1, 0.15) is 33.4 Å². The molecule has 1 aromatic heterocycles. The number of amides is 1. The highest BCUT2D eigenvalue weighted by atomic mass is 19.1. The first-order valence-corrected chi connectivity index (χ1v) is 8.80. The van der Waals surface area contributed by atoms with Crippen LogP contribution in [0.3, 0.4) is 0 Å². The molecule has 0 spiro atoms. The van der Waals surface area contributed by atoms with Gasteiger partial charge >= 0.3 is 0 Å². The van der Waals surface area contributed by atoms with Crippen LogP contribution in [0, 0.1) is 12.7 Å². The minimum absolute atomic E-state index is 0.185. The number of rotatable bonds is 4. The van der Waals surface area contributed by atoms with Gasteiger partial charge in [-0.2, -0.15) is 0 Å². The molecule has 0 bridgehead atoms. The number of carbonyl (C=O) groups excluding carboxylic acids is 1. The molecule has 1 aliphatic heterocycles. The van der Waals surface area contributed by atoms with Gasteiger partial charge in [-0.15, -0.1) is 5.10 Å². The standard InChI is InChI=1S/C20H19FN4O3/c1-12-9-14(21)5-8-16(12)22-20(26)19-17-11-28-18(10-25(17)24-23-19)13-3-6-15(27-2)7-4-13/h3-9,18H,10-11H2,1-2H3,(H,22,26)/t18-/m0/s1. The summed E-state index contributed by atoms with van der Waals surface area (Å²) in [5.41, 5.74) is 2.97. The average Bonchev–Trinajstić information content (AvgIpc) is 3.13. The predicted octanol–water partition coefficient (Wildman–Crippen LogP) is 3.26. The quantitative estimate of drug-likeness (QED) is 0.749. The van der Waals surface area contributed by atoms with Gasteiger partial charge in [0.2, 0.25) is 0 Å². The number of hydrogen-bond donors (Lipinski definition) is 1. The largest absolute Gasteiger partial charge is 0.497 e. The molecule has 2 aromatic carbocycles. The highest BCUT2D eigenvalue weighted by Crippen LogP contribution is 2.28. The van der Waals surface area contributed by atoms with Crippen molar-refractivity contribution >= 4 is 11.6 Å². The van der Waals surface area contributed by atoms with Crippen LogP contribution in [0.15, 0.2) is 42.5 Å². The number of aryl methyl sites for hydroxylation is 1. The molecular weight excluding hydrogens is 363 g/mol. The molecule has 0 saturated heterocycles. The second-order valence-corrected chi connectivity index (χ2v) is 6.55. The number of nitrogens with one attached hydrogen (secondary N) is 1. The number of fused-ring (bicyclic) bond motifs is 1. The van der Waals surface area contributed by atoms with Crippen LogP contribution in [-0.4, -0.2) is 28.0 Å². The molecule has 4 rings (SSSR count). The number of carbonyl (C=O) groups is 1. The number of halogens is 1. The minimum Gasteiger partial charge on any atom is -0.497 e. The van der Waals surface area contributed by atoms with Gasteiger partial charge in [-0.1, -0.05) is 17.3 Å². The molecule has 1 aliphatic rings. The summed E-state index contributed by atoms with van der Waals surface area (Å²) in [4.78, 5) is 12.6. The van der Waals surface area contributed by atoms with Gasteiger partial charge in [-0.3, -0.25) is 4.79 Å². The summed E-state index contributed by atoms with van der Waals surface area (Å²) in [6, 6.07) is 11.8. The third kappa shape index (κ3) is 3.46. The van der Waals surface area contributed by atoms with Crippen molar-refractivity contribution < 1.29 is 18.7 Å². The highest BCUT2D eigenvalue weighted by molar-refractivity contribution is 6.03. The first-order chi connectivity index (χ1) is 13.5. The summed E-state index contributed by atoms with van der Waals surface area (Å²) in [6.45, 7) is 2.40. The van der Waals surface area contributed by atoms with E-state index in [-0.39, 0.29) is 24.2 Å². The van der Waals surface area contributed by atoms with Gasteiger partial charge in [0.05, 0.1) is 26.0 Å². The number of ether oxygens (including phenoxy) is 2. The fraction of sp³-hybridized carbons (Fsp3) is 0.250. The molecule has 7 nitrogen and oxygen atoms in total. The van der Waals surface area contributed by atoms with E-state index in [2.05, 4.69) is 15.6 Å². The van der Waals surface area contributed by atoms with E-state index in [4.69, 9.17) is 9.47 Å². The maximum Gasteiger partial charge on any atom is 0.278 e. The molecule has 0 aliphatic carbocycles. The van der Waals surface area contributed by atoms with E-state index in [1.165, 1.54) is 18.2 Å². The van der Waals surface area contributed by atoms with Gasteiger partial charge in [0.15, 0.2) is 5.69 Å². The Bertz CT molecular complexity index is 1020. The number of nitrogens with zero attached hydrogens (tertiary/aromatic N) is 3. The van der Waals surface area contributed by atoms with Crippen molar-refractivity contribution in [3.05, 3.63) is 70.8 Å². The van der Waals surface area contributed by atoms with Crippen molar-refractivity contribution in [3.8, 4) is 5.75 Å². The van der Waals surface area contributed by atoms with Crippen molar-refractivity contribution in [1.29, 1.82) is 0 Å². The second kappa shape index (κ2) is 7.40. The maximum atomic E-state index is 13.2. The van der Waals surface area contributed by atoms with Crippen molar-refractivity contribution in [2.45, 2.75) is 26.2 Å². The van der Waals surface area contributed by atoms with Crippen LogP contribution in [0.5, 0.6) is 5.75 Å². The van der Waals surface area contributed by atoms with Gasteiger partial charge in [-0.05, 0) is 48.4 Å². The van der Waals surface area contributed by atoms with Crippen LogP contribution >= 0.6 is 0 Å². The molecule has 0 fully saturated rings. The zero-order chi connectivity index (χ0) is 19.7. The first-order valence-electron chi connectivity index (χ1n) is 8.80. The van der Waals surface area contributed by atoms with Crippen molar-refractivity contribution in [2.24, 2.45) is 0 Å². The topological polar surface area (TPSA) is 78.3 Å². The van der Waals surface area contributed by atoms with Gasteiger partial charge < -0.3 is 14.8 Å². The Morgan fingerprint density at radius 1 is 1.29 bits per heavy atom. The number of aromatic nitrogens is 3. The lowest BCUT2D eigenvalue weighted by atomic mass is 10.1. The number of hydrogen-bond acceptors (Lipinski definition) is 5. The maximum absolute atomic E-state index is 13.2. The molecule has 1 atom stereocenters. The predicted molar refractivity (Wildman–Crippen MR) is 99.6 cm³/mol. The fourth-order valence-corrected chi connectivity index (χ4v) is 3.16. The Morgan fingerprint density at radius 3 is 2.79 bits per heavy atom. The summed E-state index contributed by atoms with van der Waals surface area (Å²) in [5, 5.41) is 10.9. The summed E-state index contributed by atoms with van der Waals surface area (Å²) < 4.78 is 26.0. The van der Waals surface area contributed by atoms with E-state index in [1.54, 1.807) is 18.7 Å². The van der Waals surface area contributed by atoms with Crippen LogP contribution in [0.4, 0.5) is 10.1 Å². The summed E-state index contributed by atoms with van der Waals surface area (Å²) in [5.74, 6) is 0.0213. The van der Waals surface area contributed by atoms with Crippen LogP contribution < -0.4 is 10.1 Å². The smallest absolute Gasteiger partial charge is 0.278 e. The Labute approximate surface area is 161 Å². The number of anilines is 1. The molecule has 28 heavy (non-hydrogen) atoms. The third-order valence-corrected chi connectivity index (χ3v) is 4.74. The summed E-state index contributed by atoms with van der Waals surface area (Å²) >= 11 is 0. The monoisotopic (exact) mass is 382 g/mol. The van der Waals surface area contributed by atoms with Crippen LogP contribution in [0.2, 0.25) is 0 Å². The summed E-state index contributed by atoms with van der Waals surface area (Å²) in [6.07, 6.45) is -0.185. The minimum atomic E-state index is -0.401. The molecule has 8 heteroatoms. The Balaban J connectivity index is 1.50. The van der Waals surface area contributed by atoms with E-state index >= 15 is 0 Å². The van der Waals surface area contributed by atoms with E-state index < -0.39 is 5.91 Å². The van der Waals surface area contributed by atoms with E-state index in [0.29, 0.717) is 23.5 Å². The number of benzene rings is 2. The van der Waals surface area contributed by atoms with Crippen molar-refractivity contribution in [1.82, 2.24) is 15.0 Å². The average molecular weight is 382 g/mol. The molecule has 2 heterocycles. The van der Waals surface area contributed by atoms with E-state index in [1.807, 2.05) is 24.3 Å². The van der Waals surface area contributed by atoms with Crippen molar-refractivity contribution in [2.75, 3.05) is 12.4 Å². The van der Waals surface area contributed by atoms with Gasteiger partial charge in [-0.25, -0.2) is 9.07 Å². The lowest BCUT2D eigenvalue weighted by Crippen LogP contribution is -2.24. The van der Waals surface area contributed by atoms with Gasteiger partial charge in [0.1, 0.15) is 17.7 Å². The summed E-state index contributed by atoms with van der Waals surface area (Å²) in [7, 11) is 1.62. The SMILES string of the molecule is COc1ccc([C@@H]2Cn3nnc(C(=O)Nc4ccc(F)cc4C)c3CO2)cc1. The van der Waals surface area contributed by atoms with Crippen molar-refractivity contribution in [3.63, 3.8) is 0 Å². The molecule has 3 aromatic rings. The molecule has 1 amide bonds. The normalized spacial score (nSPS) is 15.8. The van der Waals surface area contributed by atoms with Gasteiger partial charge in [0.25, 0.3) is 5.91 Å². The molecular formula is C20H19FN4O3. The van der Waals surface area contributed by atoms with Gasteiger partial charge in [0, 0.05) is 5.69 Å². The fourth-order valence-electron chi connectivity index (χ4n) is 3.16. The molecule has 0 unspecified atom stereocenters. The molecule has 144 valence electrons. The Kier molecular flexibility index (Phi) is 4.79. The zero-order valence-corrected chi connectivity index (χ0v) is 15.5. The van der Waals surface area contributed by atoms with Crippen LogP contribution in [0.25, 0.3) is 0 Å². The van der Waals surface area contributed by atoms with E-state index in [0.717, 1.165) is 11.3 Å².